The second-order valence-corrected chi connectivity index (χ2v) is 7.58. The van der Waals surface area contributed by atoms with Crippen LogP contribution in [0.25, 0.3) is 0 Å². The molecule has 1 amide bonds. The van der Waals surface area contributed by atoms with E-state index in [1.165, 1.54) is 30.3 Å². The maximum absolute atomic E-state index is 13.6. The molecule has 144 valence electrons. The van der Waals surface area contributed by atoms with Crippen molar-refractivity contribution in [2.45, 2.75) is 18.6 Å². The summed E-state index contributed by atoms with van der Waals surface area (Å²) in [5.74, 6) is -0.855. The van der Waals surface area contributed by atoms with Gasteiger partial charge in [0.2, 0.25) is 0 Å². The van der Waals surface area contributed by atoms with Crippen LogP contribution >= 0.6 is 11.3 Å². The average molecular weight is 405 g/mol. The maximum atomic E-state index is 13.6. The van der Waals surface area contributed by atoms with Crippen LogP contribution in [0, 0.1) is 5.82 Å². The van der Waals surface area contributed by atoms with E-state index in [2.05, 4.69) is 0 Å². The molecule has 7 heteroatoms. The van der Waals surface area contributed by atoms with Crippen molar-refractivity contribution in [3.63, 3.8) is 0 Å². The third kappa shape index (κ3) is 3.42. The van der Waals surface area contributed by atoms with Gasteiger partial charge in [0.15, 0.2) is 0 Å². The minimum absolute atomic E-state index is 0.218. The zero-order chi connectivity index (χ0) is 19.9. The summed E-state index contributed by atoms with van der Waals surface area (Å²) in [6, 6.07) is 11.7. The van der Waals surface area contributed by atoms with E-state index in [1.807, 2.05) is 11.4 Å². The second-order valence-electron chi connectivity index (χ2n) is 6.58. The molecule has 1 atom stereocenters. The van der Waals surface area contributed by atoms with Crippen LogP contribution in [0.15, 0.2) is 60.0 Å². The molecule has 3 aromatic rings. The third-order valence-electron chi connectivity index (χ3n) is 4.85. The quantitative estimate of drug-likeness (QED) is 0.502. The molecule has 4 rings (SSSR count). The summed E-state index contributed by atoms with van der Waals surface area (Å²) in [6.45, 7) is 0.411. The Hall–Kier alpha value is -2.67. The van der Waals surface area contributed by atoms with Crippen molar-refractivity contribution in [3.05, 3.63) is 92.9 Å². The number of hydrogen-bond donors (Lipinski definition) is 0. The first-order chi connectivity index (χ1) is 13.3. The van der Waals surface area contributed by atoms with Gasteiger partial charge in [0.25, 0.3) is 5.91 Å². The van der Waals surface area contributed by atoms with E-state index >= 15 is 0 Å². The van der Waals surface area contributed by atoms with E-state index in [4.69, 9.17) is 0 Å². The van der Waals surface area contributed by atoms with Crippen molar-refractivity contribution >= 4 is 17.2 Å². The first kappa shape index (κ1) is 18.7. The lowest BCUT2D eigenvalue weighted by Crippen LogP contribution is -2.40. The second kappa shape index (κ2) is 7.05. The Bertz CT molecular complexity index is 1010. The number of halogens is 4. The molecule has 0 aliphatic carbocycles. The molecule has 28 heavy (non-hydrogen) atoms. The maximum Gasteiger partial charge on any atom is 0.416 e. The molecule has 0 bridgehead atoms. The van der Waals surface area contributed by atoms with Crippen molar-refractivity contribution in [1.82, 2.24) is 4.90 Å². The Morgan fingerprint density at radius 3 is 2.50 bits per heavy atom. The molecule has 1 unspecified atom stereocenters. The van der Waals surface area contributed by atoms with Gasteiger partial charge in [0.1, 0.15) is 5.82 Å². The molecule has 0 saturated heterocycles. The van der Waals surface area contributed by atoms with Crippen LogP contribution in [0.1, 0.15) is 38.0 Å². The Morgan fingerprint density at radius 2 is 1.82 bits per heavy atom. The highest BCUT2D eigenvalue weighted by molar-refractivity contribution is 7.10. The number of fused-ring (bicyclic) bond motifs is 1. The fraction of sp³-hybridized carbons (Fsp3) is 0.190. The van der Waals surface area contributed by atoms with Gasteiger partial charge in [0, 0.05) is 17.0 Å². The number of amides is 1. The predicted molar refractivity (Wildman–Crippen MR) is 98.7 cm³/mol. The number of thiophene rings is 1. The molecule has 1 aromatic heterocycles. The Balaban J connectivity index is 1.75. The monoisotopic (exact) mass is 405 g/mol. The van der Waals surface area contributed by atoms with Crippen LogP contribution in [0.3, 0.4) is 0 Å². The number of carbonyl (C=O) groups excluding carboxylic acids is 1. The van der Waals surface area contributed by atoms with E-state index in [0.717, 1.165) is 22.6 Å². The topological polar surface area (TPSA) is 20.3 Å². The van der Waals surface area contributed by atoms with Crippen LogP contribution in [-0.4, -0.2) is 17.4 Å². The van der Waals surface area contributed by atoms with Crippen molar-refractivity contribution in [3.8, 4) is 0 Å². The lowest BCUT2D eigenvalue weighted by molar-refractivity contribution is -0.137. The van der Waals surface area contributed by atoms with E-state index in [-0.39, 0.29) is 11.5 Å². The van der Waals surface area contributed by atoms with Gasteiger partial charge in [-0.1, -0.05) is 18.2 Å². The molecule has 2 heterocycles. The number of benzene rings is 2. The highest BCUT2D eigenvalue weighted by Gasteiger charge is 2.35. The molecule has 0 saturated carbocycles. The van der Waals surface area contributed by atoms with Gasteiger partial charge in [0.05, 0.1) is 11.6 Å². The summed E-state index contributed by atoms with van der Waals surface area (Å²) < 4.78 is 52.3. The lowest BCUT2D eigenvalue weighted by Gasteiger charge is -2.36. The Morgan fingerprint density at radius 1 is 1.07 bits per heavy atom. The van der Waals surface area contributed by atoms with Crippen molar-refractivity contribution in [2.75, 3.05) is 6.54 Å². The molecule has 1 aliphatic heterocycles. The van der Waals surface area contributed by atoms with Crippen LogP contribution in [0.5, 0.6) is 0 Å². The molecule has 0 spiro atoms. The summed E-state index contributed by atoms with van der Waals surface area (Å²) in [7, 11) is 0. The Kier molecular flexibility index (Phi) is 4.71. The highest BCUT2D eigenvalue weighted by atomic mass is 32.1. The summed E-state index contributed by atoms with van der Waals surface area (Å²) in [4.78, 5) is 15.8. The van der Waals surface area contributed by atoms with E-state index < -0.39 is 23.6 Å². The number of nitrogens with zero attached hydrogens (tertiary/aromatic N) is 1. The zero-order valence-corrected chi connectivity index (χ0v) is 15.4. The van der Waals surface area contributed by atoms with Gasteiger partial charge in [-0.3, -0.25) is 4.79 Å². The van der Waals surface area contributed by atoms with Crippen molar-refractivity contribution < 1.29 is 22.4 Å². The van der Waals surface area contributed by atoms with Gasteiger partial charge >= 0.3 is 6.18 Å². The van der Waals surface area contributed by atoms with E-state index in [0.29, 0.717) is 18.5 Å². The first-order valence-electron chi connectivity index (χ1n) is 8.64. The summed E-state index contributed by atoms with van der Waals surface area (Å²) in [5, 5.41) is 1.91. The van der Waals surface area contributed by atoms with Crippen molar-refractivity contribution in [2.24, 2.45) is 0 Å². The van der Waals surface area contributed by atoms with Crippen LogP contribution < -0.4 is 0 Å². The molecular formula is C21H15F4NOS. The van der Waals surface area contributed by atoms with E-state index in [1.54, 1.807) is 22.3 Å². The van der Waals surface area contributed by atoms with Crippen molar-refractivity contribution in [1.29, 1.82) is 0 Å². The number of rotatable bonds is 2. The van der Waals surface area contributed by atoms with Gasteiger partial charge < -0.3 is 4.90 Å². The summed E-state index contributed by atoms with van der Waals surface area (Å²) in [6.07, 6.45) is -3.76. The van der Waals surface area contributed by atoms with Crippen LogP contribution in [0.4, 0.5) is 17.6 Å². The largest absolute Gasteiger partial charge is 0.416 e. The average Bonchev–Trinajstić information content (AvgIpc) is 3.15. The summed E-state index contributed by atoms with van der Waals surface area (Å²) >= 11 is 1.57. The fourth-order valence-electron chi connectivity index (χ4n) is 3.54. The third-order valence-corrected chi connectivity index (χ3v) is 5.85. The number of alkyl halides is 3. The predicted octanol–water partition coefficient (Wildman–Crippen LogP) is 5.69. The van der Waals surface area contributed by atoms with Gasteiger partial charge in [-0.05, 0) is 59.3 Å². The smallest absolute Gasteiger partial charge is 0.327 e. The molecule has 0 N–H and O–H groups in total. The zero-order valence-electron chi connectivity index (χ0n) is 14.5. The number of carbonyl (C=O) groups is 1. The molecule has 0 radical (unpaired) electrons. The molecule has 2 aromatic carbocycles. The fourth-order valence-corrected chi connectivity index (χ4v) is 4.44. The normalized spacial score (nSPS) is 16.7. The molecule has 2 nitrogen and oxygen atoms in total. The van der Waals surface area contributed by atoms with E-state index in [9.17, 15) is 22.4 Å². The molecule has 1 aliphatic rings. The summed E-state index contributed by atoms with van der Waals surface area (Å²) in [5.41, 5.74) is 0.981. The Labute approximate surface area is 163 Å². The highest BCUT2D eigenvalue weighted by Crippen LogP contribution is 2.39. The van der Waals surface area contributed by atoms with Gasteiger partial charge in [-0.25, -0.2) is 4.39 Å². The minimum atomic E-state index is -4.42. The lowest BCUT2D eigenvalue weighted by atomic mass is 9.92. The first-order valence-corrected chi connectivity index (χ1v) is 9.52. The number of hydrogen-bond acceptors (Lipinski definition) is 2. The van der Waals surface area contributed by atoms with Crippen LogP contribution in [-0.2, 0) is 12.6 Å². The van der Waals surface area contributed by atoms with Crippen LogP contribution in [0.2, 0.25) is 0 Å². The van der Waals surface area contributed by atoms with Gasteiger partial charge in [-0.2, -0.15) is 13.2 Å². The SMILES string of the molecule is O=C(c1cccc(F)c1)N1CCc2sccc2C1c1ccc(C(F)(F)F)cc1. The van der Waals surface area contributed by atoms with Gasteiger partial charge in [-0.15, -0.1) is 11.3 Å². The molecular weight excluding hydrogens is 390 g/mol. The molecule has 0 fully saturated rings. The standard InChI is InChI=1S/C21H15F4NOS/c22-16-3-1-2-14(12-16)20(27)26-10-8-18-17(9-11-28-18)19(26)13-4-6-15(7-5-13)21(23,24)25/h1-7,9,11-12,19H,8,10H2. The minimum Gasteiger partial charge on any atom is -0.327 e.